The van der Waals surface area contributed by atoms with Gasteiger partial charge in [-0.25, -0.2) is 18.3 Å². The molecule has 112 valence electrons. The summed E-state index contributed by atoms with van der Waals surface area (Å²) in [5, 5.41) is 17.7. The summed E-state index contributed by atoms with van der Waals surface area (Å²) in [5.41, 5.74) is -1.76. The highest BCUT2D eigenvalue weighted by Gasteiger charge is 2.30. The molecule has 1 heterocycles. The van der Waals surface area contributed by atoms with E-state index in [0.717, 1.165) is 0 Å². The van der Waals surface area contributed by atoms with Crippen molar-refractivity contribution in [1.82, 2.24) is 20.3 Å². The van der Waals surface area contributed by atoms with E-state index < -0.39 is 35.7 Å². The molecule has 8 nitrogen and oxygen atoms in total. The van der Waals surface area contributed by atoms with E-state index in [9.17, 15) is 18.4 Å². The number of halogens is 2. The Morgan fingerprint density at radius 2 is 2.15 bits per heavy atom. The van der Waals surface area contributed by atoms with E-state index >= 15 is 0 Å². The van der Waals surface area contributed by atoms with E-state index in [-0.39, 0.29) is 13.2 Å². The third-order valence-electron chi connectivity index (χ3n) is 2.49. The molecule has 0 aliphatic heterocycles. The minimum atomic E-state index is -3.11. The predicted molar refractivity (Wildman–Crippen MR) is 61.5 cm³/mol. The van der Waals surface area contributed by atoms with E-state index in [1.54, 1.807) is 0 Å². The van der Waals surface area contributed by atoms with Crippen LogP contribution in [-0.4, -0.2) is 52.2 Å². The second-order valence-electron chi connectivity index (χ2n) is 3.83. The summed E-state index contributed by atoms with van der Waals surface area (Å²) in [6.45, 7) is 1.77. The Morgan fingerprint density at radius 1 is 1.50 bits per heavy atom. The molecule has 1 unspecified atom stereocenters. The van der Waals surface area contributed by atoms with E-state index in [1.807, 2.05) is 0 Å². The van der Waals surface area contributed by atoms with Gasteiger partial charge < -0.3 is 15.2 Å². The van der Waals surface area contributed by atoms with E-state index in [2.05, 4.69) is 15.6 Å². The molecule has 0 bridgehead atoms. The van der Waals surface area contributed by atoms with Crippen molar-refractivity contribution in [2.75, 3.05) is 20.3 Å². The molecule has 1 amide bonds. The van der Waals surface area contributed by atoms with Gasteiger partial charge in [-0.15, -0.1) is 5.10 Å². The van der Waals surface area contributed by atoms with Crippen molar-refractivity contribution >= 4 is 11.9 Å². The number of carboxylic acid groups (broad SMARTS) is 1. The van der Waals surface area contributed by atoms with Crippen LogP contribution in [0.4, 0.5) is 8.78 Å². The first-order valence-corrected chi connectivity index (χ1v) is 5.63. The van der Waals surface area contributed by atoms with Crippen LogP contribution in [0.2, 0.25) is 0 Å². The van der Waals surface area contributed by atoms with Crippen molar-refractivity contribution in [3.8, 4) is 0 Å². The highest BCUT2D eigenvalue weighted by Crippen LogP contribution is 2.24. The number of nitrogens with zero attached hydrogens (tertiary/aromatic N) is 3. The van der Waals surface area contributed by atoms with Crippen molar-refractivity contribution in [3.63, 3.8) is 0 Å². The number of alkyl halides is 2. The summed E-state index contributed by atoms with van der Waals surface area (Å²) in [4.78, 5) is 22.5. The number of ether oxygens (including phenoxy) is 1. The molecule has 20 heavy (non-hydrogen) atoms. The Bertz CT molecular complexity index is 492. The van der Waals surface area contributed by atoms with Gasteiger partial charge in [0, 0.05) is 13.7 Å². The highest BCUT2D eigenvalue weighted by atomic mass is 19.3. The van der Waals surface area contributed by atoms with Gasteiger partial charge in [0.2, 0.25) is 5.91 Å². The third kappa shape index (κ3) is 3.47. The molecule has 1 aromatic heterocycles. The van der Waals surface area contributed by atoms with Crippen LogP contribution in [0.25, 0.3) is 0 Å². The Labute approximate surface area is 112 Å². The van der Waals surface area contributed by atoms with Crippen LogP contribution < -0.4 is 5.32 Å². The first-order chi connectivity index (χ1) is 9.40. The van der Waals surface area contributed by atoms with Crippen LogP contribution in [-0.2, 0) is 9.53 Å². The van der Waals surface area contributed by atoms with E-state index in [4.69, 9.17) is 9.84 Å². The van der Waals surface area contributed by atoms with Crippen LogP contribution in [0.1, 0.15) is 35.6 Å². The van der Waals surface area contributed by atoms with E-state index in [1.165, 1.54) is 14.0 Å². The van der Waals surface area contributed by atoms with Gasteiger partial charge in [-0.05, 0) is 6.92 Å². The van der Waals surface area contributed by atoms with Crippen molar-refractivity contribution in [1.29, 1.82) is 0 Å². The Morgan fingerprint density at radius 3 is 2.65 bits per heavy atom. The molecule has 1 aromatic rings. The first kappa shape index (κ1) is 16.0. The third-order valence-corrected chi connectivity index (χ3v) is 2.49. The minimum absolute atomic E-state index is 0.199. The van der Waals surface area contributed by atoms with Gasteiger partial charge in [-0.2, -0.15) is 0 Å². The van der Waals surface area contributed by atoms with Crippen molar-refractivity contribution in [3.05, 3.63) is 11.4 Å². The van der Waals surface area contributed by atoms with Gasteiger partial charge in [-0.1, -0.05) is 5.21 Å². The number of hydrogen-bond acceptors (Lipinski definition) is 5. The Hall–Kier alpha value is -2.10. The fourth-order valence-electron chi connectivity index (χ4n) is 1.48. The van der Waals surface area contributed by atoms with Crippen LogP contribution >= 0.6 is 0 Å². The summed E-state index contributed by atoms with van der Waals surface area (Å²) in [6.07, 6.45) is -3.11. The van der Waals surface area contributed by atoms with Gasteiger partial charge in [-0.3, -0.25) is 4.79 Å². The molecule has 0 aliphatic rings. The maximum absolute atomic E-state index is 12.9. The topological polar surface area (TPSA) is 106 Å². The maximum atomic E-state index is 12.9. The van der Waals surface area contributed by atoms with Crippen LogP contribution in [0, 0.1) is 0 Å². The molecule has 0 aromatic carbocycles. The van der Waals surface area contributed by atoms with Crippen molar-refractivity contribution in [2.45, 2.75) is 19.4 Å². The molecular weight excluding hydrogens is 278 g/mol. The van der Waals surface area contributed by atoms with Crippen molar-refractivity contribution < 1.29 is 28.2 Å². The number of aromatic nitrogens is 3. The van der Waals surface area contributed by atoms with Gasteiger partial charge in [0.25, 0.3) is 6.43 Å². The molecule has 1 rings (SSSR count). The number of carboxylic acids is 1. The zero-order valence-corrected chi connectivity index (χ0v) is 10.8. The lowest BCUT2D eigenvalue weighted by molar-refractivity contribution is -0.124. The largest absolute Gasteiger partial charge is 0.476 e. The van der Waals surface area contributed by atoms with Gasteiger partial charge in [0.1, 0.15) is 11.7 Å². The lowest BCUT2D eigenvalue weighted by Crippen LogP contribution is -2.34. The summed E-state index contributed by atoms with van der Waals surface area (Å²) in [7, 11) is 1.45. The minimum Gasteiger partial charge on any atom is -0.476 e. The van der Waals surface area contributed by atoms with Gasteiger partial charge in [0.15, 0.2) is 5.69 Å². The van der Waals surface area contributed by atoms with E-state index in [0.29, 0.717) is 4.68 Å². The normalized spacial score (nSPS) is 12.4. The average Bonchev–Trinajstić information content (AvgIpc) is 2.82. The number of carbonyl (C=O) groups excluding carboxylic acids is 1. The number of amides is 1. The SMILES string of the molecule is COCCNC(=O)C(C)n1nnc(C(=O)O)c1C(F)F. The number of hydrogen-bond donors (Lipinski definition) is 2. The monoisotopic (exact) mass is 292 g/mol. The Balaban J connectivity index is 2.95. The van der Waals surface area contributed by atoms with Gasteiger partial charge >= 0.3 is 5.97 Å². The number of aromatic carboxylic acids is 1. The average molecular weight is 292 g/mol. The molecule has 2 N–H and O–H groups in total. The second-order valence-corrected chi connectivity index (χ2v) is 3.83. The quantitative estimate of drug-likeness (QED) is 0.697. The summed E-state index contributed by atoms with van der Waals surface area (Å²) < 4.78 is 31.1. The number of rotatable bonds is 7. The predicted octanol–water partition coefficient (Wildman–Crippen LogP) is 0.237. The zero-order valence-electron chi connectivity index (χ0n) is 10.8. The van der Waals surface area contributed by atoms with Crippen LogP contribution in [0.15, 0.2) is 0 Å². The number of carbonyl (C=O) groups is 2. The second kappa shape index (κ2) is 6.89. The molecule has 0 aliphatic carbocycles. The molecule has 0 spiro atoms. The Kier molecular flexibility index (Phi) is 5.50. The highest BCUT2D eigenvalue weighted by molar-refractivity contribution is 5.87. The molecule has 0 saturated heterocycles. The van der Waals surface area contributed by atoms with Gasteiger partial charge in [0.05, 0.1) is 6.61 Å². The number of methoxy groups -OCH3 is 1. The first-order valence-electron chi connectivity index (χ1n) is 5.63. The molecule has 1 atom stereocenters. The standard InChI is InChI=1S/C10H14F2N4O4/c1-5(9(17)13-3-4-20-2)16-7(8(11)12)6(10(18)19)14-15-16/h5,8H,3-4H2,1-2H3,(H,13,17)(H,18,19). The molecule has 0 fully saturated rings. The van der Waals surface area contributed by atoms with Crippen LogP contribution in [0.3, 0.4) is 0 Å². The molecule has 10 heteroatoms. The fraction of sp³-hybridized carbons (Fsp3) is 0.600. The fourth-order valence-corrected chi connectivity index (χ4v) is 1.48. The van der Waals surface area contributed by atoms with Crippen molar-refractivity contribution in [2.24, 2.45) is 0 Å². The molecular formula is C10H14F2N4O4. The zero-order chi connectivity index (χ0) is 15.3. The molecule has 0 radical (unpaired) electrons. The smallest absolute Gasteiger partial charge is 0.358 e. The lowest BCUT2D eigenvalue weighted by Gasteiger charge is -2.14. The lowest BCUT2D eigenvalue weighted by atomic mass is 10.2. The number of nitrogens with one attached hydrogen (secondary N) is 1. The summed E-state index contributed by atoms with van der Waals surface area (Å²) >= 11 is 0. The summed E-state index contributed by atoms with van der Waals surface area (Å²) in [6, 6.07) is -1.11. The maximum Gasteiger partial charge on any atom is 0.358 e. The van der Waals surface area contributed by atoms with Crippen LogP contribution in [0.5, 0.6) is 0 Å². The summed E-state index contributed by atoms with van der Waals surface area (Å²) in [5.74, 6) is -2.22. The molecule has 0 saturated carbocycles.